The van der Waals surface area contributed by atoms with Crippen molar-refractivity contribution in [2.24, 2.45) is 4.99 Å². The second-order valence-corrected chi connectivity index (χ2v) is 3.76. The van der Waals surface area contributed by atoms with Gasteiger partial charge in [0.05, 0.1) is 6.54 Å². The summed E-state index contributed by atoms with van der Waals surface area (Å²) in [6, 6.07) is 5.48. The van der Waals surface area contributed by atoms with Crippen molar-refractivity contribution in [1.82, 2.24) is 0 Å². The maximum absolute atomic E-state index is 5.99. The second kappa shape index (κ2) is 5.38. The minimum Gasteiger partial charge on any atom is -0.289 e. The van der Waals surface area contributed by atoms with Crippen molar-refractivity contribution in [2.75, 3.05) is 0 Å². The van der Waals surface area contributed by atoms with Crippen molar-refractivity contribution in [3.05, 3.63) is 40.2 Å². The van der Waals surface area contributed by atoms with E-state index in [1.807, 2.05) is 38.5 Å². The third-order valence-corrected chi connectivity index (χ3v) is 2.67. The fourth-order valence-electron chi connectivity index (χ4n) is 0.978. The molecule has 75 valence electrons. The van der Waals surface area contributed by atoms with Crippen LogP contribution < -0.4 is 0 Å². The molecule has 3 heteroatoms. The average Bonchev–Trinajstić information content (AvgIpc) is 2.16. The van der Waals surface area contributed by atoms with E-state index in [0.717, 1.165) is 11.3 Å². The van der Waals surface area contributed by atoms with Crippen LogP contribution in [0, 0.1) is 6.42 Å². The molecule has 1 rings (SSSR count). The summed E-state index contributed by atoms with van der Waals surface area (Å²) in [4.78, 5) is 4.33. The summed E-state index contributed by atoms with van der Waals surface area (Å²) >= 11 is 12.0. The molecule has 1 radical (unpaired) electrons. The maximum atomic E-state index is 5.99. The number of halogens is 2. The molecule has 0 atom stereocenters. The van der Waals surface area contributed by atoms with Crippen LogP contribution in [0.3, 0.4) is 0 Å². The van der Waals surface area contributed by atoms with Crippen LogP contribution in [0.4, 0.5) is 0 Å². The lowest BCUT2D eigenvalue weighted by atomic mass is 10.2. The normalized spacial score (nSPS) is 11.9. The summed E-state index contributed by atoms with van der Waals surface area (Å²) in [5.41, 5.74) is 1.87. The van der Waals surface area contributed by atoms with E-state index in [0.29, 0.717) is 16.6 Å². The van der Waals surface area contributed by atoms with Crippen molar-refractivity contribution in [3.63, 3.8) is 0 Å². The van der Waals surface area contributed by atoms with Gasteiger partial charge in [-0.15, -0.1) is 0 Å². The van der Waals surface area contributed by atoms with Crippen LogP contribution in [0.2, 0.25) is 10.0 Å². The third-order valence-electron chi connectivity index (χ3n) is 1.97. The Morgan fingerprint density at radius 2 is 1.93 bits per heavy atom. The van der Waals surface area contributed by atoms with Crippen LogP contribution >= 0.6 is 23.2 Å². The van der Waals surface area contributed by atoms with Crippen molar-refractivity contribution in [2.45, 2.75) is 20.4 Å². The Morgan fingerprint density at radius 1 is 1.36 bits per heavy atom. The molecule has 1 nitrogen and oxygen atoms in total. The Morgan fingerprint density at radius 3 is 2.43 bits per heavy atom. The molecule has 0 N–H and O–H groups in total. The molecule has 1 aromatic rings. The Kier molecular flexibility index (Phi) is 4.43. The molecular formula is C11H12Cl2N. The van der Waals surface area contributed by atoms with E-state index in [-0.39, 0.29) is 0 Å². The molecule has 0 unspecified atom stereocenters. The van der Waals surface area contributed by atoms with Gasteiger partial charge < -0.3 is 0 Å². The molecule has 0 spiro atoms. The van der Waals surface area contributed by atoms with Crippen molar-refractivity contribution >= 4 is 28.9 Å². The van der Waals surface area contributed by atoms with Gasteiger partial charge in [-0.3, -0.25) is 4.99 Å². The van der Waals surface area contributed by atoms with Crippen LogP contribution in [-0.2, 0) is 6.54 Å². The van der Waals surface area contributed by atoms with E-state index in [1.165, 1.54) is 0 Å². The van der Waals surface area contributed by atoms with E-state index in [9.17, 15) is 0 Å². The smallest absolute Gasteiger partial charge is 0.0668 e. The molecule has 0 aliphatic rings. The minimum absolute atomic E-state index is 0.536. The Labute approximate surface area is 94.8 Å². The summed E-state index contributed by atoms with van der Waals surface area (Å²) in [5, 5.41) is 1.34. The zero-order chi connectivity index (χ0) is 10.6. The van der Waals surface area contributed by atoms with Gasteiger partial charge in [-0.05, 0) is 19.1 Å². The average molecular weight is 229 g/mol. The molecule has 0 aliphatic heterocycles. The van der Waals surface area contributed by atoms with Crippen LogP contribution in [0.25, 0.3) is 0 Å². The van der Waals surface area contributed by atoms with E-state index in [4.69, 9.17) is 23.2 Å². The van der Waals surface area contributed by atoms with Crippen molar-refractivity contribution < 1.29 is 0 Å². The summed E-state index contributed by atoms with van der Waals surface area (Å²) in [6.07, 6.45) is 1.95. The fraction of sp³-hybridized carbons (Fsp3) is 0.273. The highest BCUT2D eigenvalue weighted by Gasteiger charge is 2.03. The predicted octanol–water partition coefficient (Wildman–Crippen LogP) is 4.18. The summed E-state index contributed by atoms with van der Waals surface area (Å²) in [7, 11) is 0. The standard InChI is InChI=1S/C11H12Cl2N/c1-3-8(2)14-7-9-10(12)5-4-6-11(9)13/h3-6H,7H2,1-2H3. The van der Waals surface area contributed by atoms with Gasteiger partial charge in [0.15, 0.2) is 0 Å². The number of hydrogen-bond donors (Lipinski definition) is 0. The van der Waals surface area contributed by atoms with E-state index in [1.54, 1.807) is 0 Å². The third kappa shape index (κ3) is 3.00. The van der Waals surface area contributed by atoms with Crippen molar-refractivity contribution in [1.29, 1.82) is 0 Å². The fourth-order valence-corrected chi connectivity index (χ4v) is 1.50. The zero-order valence-corrected chi connectivity index (χ0v) is 9.73. The largest absolute Gasteiger partial charge is 0.289 e. The first-order chi connectivity index (χ1) is 6.65. The highest BCUT2D eigenvalue weighted by molar-refractivity contribution is 6.36. The maximum Gasteiger partial charge on any atom is 0.0668 e. The topological polar surface area (TPSA) is 12.4 Å². The van der Waals surface area contributed by atoms with Gasteiger partial charge in [0.1, 0.15) is 0 Å². The van der Waals surface area contributed by atoms with E-state index in [2.05, 4.69) is 4.99 Å². The summed E-state index contributed by atoms with van der Waals surface area (Å²) < 4.78 is 0. The highest BCUT2D eigenvalue weighted by atomic mass is 35.5. The van der Waals surface area contributed by atoms with E-state index < -0.39 is 0 Å². The lowest BCUT2D eigenvalue weighted by molar-refractivity contribution is 1.06. The molecular weight excluding hydrogens is 217 g/mol. The van der Waals surface area contributed by atoms with Gasteiger partial charge >= 0.3 is 0 Å². The first-order valence-electron chi connectivity index (χ1n) is 4.38. The van der Waals surface area contributed by atoms with Gasteiger partial charge in [0, 0.05) is 27.7 Å². The second-order valence-electron chi connectivity index (χ2n) is 2.95. The molecule has 0 bridgehead atoms. The lowest BCUT2D eigenvalue weighted by Gasteiger charge is -2.03. The van der Waals surface area contributed by atoms with Crippen LogP contribution in [0.15, 0.2) is 23.2 Å². The molecule has 0 saturated heterocycles. The number of aliphatic imine (C=N–C) groups is 1. The molecule has 0 aliphatic carbocycles. The highest BCUT2D eigenvalue weighted by Crippen LogP contribution is 2.24. The van der Waals surface area contributed by atoms with Gasteiger partial charge in [-0.1, -0.05) is 36.2 Å². The molecule has 0 heterocycles. The Bertz CT molecular complexity index is 325. The number of rotatable bonds is 3. The minimum atomic E-state index is 0.536. The van der Waals surface area contributed by atoms with Gasteiger partial charge in [0.25, 0.3) is 0 Å². The predicted molar refractivity (Wildman–Crippen MR) is 63.2 cm³/mol. The number of hydrogen-bond acceptors (Lipinski definition) is 1. The van der Waals surface area contributed by atoms with Gasteiger partial charge in [0.2, 0.25) is 0 Å². The molecule has 0 amide bonds. The molecule has 14 heavy (non-hydrogen) atoms. The van der Waals surface area contributed by atoms with Gasteiger partial charge in [-0.25, -0.2) is 0 Å². The SMILES string of the molecule is C[CH]C(C)=NCc1c(Cl)cccc1Cl. The summed E-state index contributed by atoms with van der Waals surface area (Å²) in [5.74, 6) is 0. The monoisotopic (exact) mass is 228 g/mol. The molecule has 0 fully saturated rings. The van der Waals surface area contributed by atoms with Gasteiger partial charge in [-0.2, -0.15) is 0 Å². The Balaban J connectivity index is 2.86. The lowest BCUT2D eigenvalue weighted by Crippen LogP contribution is -1.92. The van der Waals surface area contributed by atoms with Crippen LogP contribution in [0.1, 0.15) is 19.4 Å². The number of nitrogens with zero attached hydrogens (tertiary/aromatic N) is 1. The number of benzene rings is 1. The zero-order valence-electron chi connectivity index (χ0n) is 8.22. The molecule has 1 aromatic carbocycles. The first kappa shape index (κ1) is 11.5. The first-order valence-corrected chi connectivity index (χ1v) is 5.14. The van der Waals surface area contributed by atoms with E-state index >= 15 is 0 Å². The molecule has 0 aromatic heterocycles. The van der Waals surface area contributed by atoms with Crippen LogP contribution in [0.5, 0.6) is 0 Å². The van der Waals surface area contributed by atoms with Crippen LogP contribution in [-0.4, -0.2) is 5.71 Å². The Hall–Kier alpha value is -0.530. The molecule has 0 saturated carbocycles. The summed E-state index contributed by atoms with van der Waals surface area (Å²) in [6.45, 7) is 4.44. The van der Waals surface area contributed by atoms with Crippen molar-refractivity contribution in [3.8, 4) is 0 Å². The quantitative estimate of drug-likeness (QED) is 0.689.